The fourth-order valence-corrected chi connectivity index (χ4v) is 3.91. The molecule has 3 rings (SSSR count). The lowest BCUT2D eigenvalue weighted by molar-refractivity contribution is -0.0352. The second-order valence-corrected chi connectivity index (χ2v) is 7.89. The van der Waals surface area contributed by atoms with Crippen molar-refractivity contribution in [2.75, 3.05) is 6.54 Å². The molecule has 1 unspecified atom stereocenters. The van der Waals surface area contributed by atoms with Gasteiger partial charge in [0.15, 0.2) is 11.6 Å². The highest BCUT2D eigenvalue weighted by molar-refractivity contribution is 5.67. The van der Waals surface area contributed by atoms with Crippen molar-refractivity contribution in [1.82, 2.24) is 20.1 Å². The van der Waals surface area contributed by atoms with Crippen LogP contribution in [-0.4, -0.2) is 37.8 Å². The number of H-pyrrole nitrogens is 1. The lowest BCUT2D eigenvalue weighted by atomic mass is 9.67. The number of nitrogens with zero attached hydrogens (tertiary/aromatic N) is 3. The van der Waals surface area contributed by atoms with Gasteiger partial charge in [-0.15, -0.1) is 10.2 Å². The standard InChI is InChI=1S/C19H26N4O2/c1-13-7-9-14(10-8-13)15-20-16(22-21-15)19(18(2,3)4)11-5-6-12-23(19)17(24)25/h7-10H,5-6,11-12H2,1-4H3,(H,24,25)(H,20,21,22). The topological polar surface area (TPSA) is 82.1 Å². The van der Waals surface area contributed by atoms with Gasteiger partial charge < -0.3 is 10.1 Å². The van der Waals surface area contributed by atoms with Crippen LogP contribution in [0.4, 0.5) is 4.79 Å². The summed E-state index contributed by atoms with van der Waals surface area (Å²) < 4.78 is 0. The summed E-state index contributed by atoms with van der Waals surface area (Å²) in [4.78, 5) is 16.8. The normalized spacial score (nSPS) is 21.4. The molecule has 1 aliphatic heterocycles. The van der Waals surface area contributed by atoms with Gasteiger partial charge in [0.2, 0.25) is 0 Å². The van der Waals surface area contributed by atoms with Crippen molar-refractivity contribution in [2.45, 2.75) is 52.5 Å². The number of hydrogen-bond donors (Lipinski definition) is 2. The summed E-state index contributed by atoms with van der Waals surface area (Å²) in [7, 11) is 0. The molecular formula is C19H26N4O2. The predicted octanol–water partition coefficient (Wildman–Crippen LogP) is 4.19. The Hall–Kier alpha value is -2.37. The molecule has 2 heterocycles. The van der Waals surface area contributed by atoms with E-state index in [-0.39, 0.29) is 5.41 Å². The molecule has 0 spiro atoms. The number of aromatic amines is 1. The quantitative estimate of drug-likeness (QED) is 0.857. The molecule has 1 aromatic carbocycles. The van der Waals surface area contributed by atoms with Gasteiger partial charge in [0.1, 0.15) is 5.54 Å². The number of carboxylic acid groups (broad SMARTS) is 1. The molecule has 134 valence electrons. The molecule has 2 aromatic rings. The van der Waals surface area contributed by atoms with Crippen LogP contribution in [0, 0.1) is 12.3 Å². The van der Waals surface area contributed by atoms with E-state index in [9.17, 15) is 9.90 Å². The maximum absolute atomic E-state index is 12.0. The van der Waals surface area contributed by atoms with Crippen molar-refractivity contribution in [1.29, 1.82) is 0 Å². The van der Waals surface area contributed by atoms with Gasteiger partial charge in [-0.3, -0.25) is 4.90 Å². The summed E-state index contributed by atoms with van der Waals surface area (Å²) in [5.41, 5.74) is 1.12. The van der Waals surface area contributed by atoms with E-state index in [2.05, 4.69) is 36.0 Å². The van der Waals surface area contributed by atoms with Crippen LogP contribution >= 0.6 is 0 Å². The molecule has 1 saturated heterocycles. The molecule has 2 N–H and O–H groups in total. The first-order valence-corrected chi connectivity index (χ1v) is 8.76. The summed E-state index contributed by atoms with van der Waals surface area (Å²) in [5.74, 6) is 1.31. The maximum atomic E-state index is 12.0. The van der Waals surface area contributed by atoms with E-state index in [1.807, 2.05) is 31.2 Å². The number of rotatable bonds is 2. The molecule has 1 amide bonds. The Morgan fingerprint density at radius 2 is 1.88 bits per heavy atom. The summed E-state index contributed by atoms with van der Waals surface area (Å²) in [6.45, 7) is 8.77. The molecule has 0 bridgehead atoms. The van der Waals surface area contributed by atoms with Gasteiger partial charge in [-0.25, -0.2) is 4.79 Å². The highest BCUT2D eigenvalue weighted by Crippen LogP contribution is 2.49. The van der Waals surface area contributed by atoms with Gasteiger partial charge in [-0.2, -0.15) is 0 Å². The zero-order chi connectivity index (χ0) is 18.2. The van der Waals surface area contributed by atoms with E-state index in [0.29, 0.717) is 18.2 Å². The highest BCUT2D eigenvalue weighted by atomic mass is 16.4. The molecule has 0 aliphatic carbocycles. The van der Waals surface area contributed by atoms with Crippen molar-refractivity contribution in [2.24, 2.45) is 5.41 Å². The van der Waals surface area contributed by atoms with E-state index < -0.39 is 11.6 Å². The van der Waals surface area contributed by atoms with Gasteiger partial charge in [0.25, 0.3) is 0 Å². The minimum Gasteiger partial charge on any atom is -0.465 e. The summed E-state index contributed by atoms with van der Waals surface area (Å²) >= 11 is 0. The fraction of sp³-hybridized carbons (Fsp3) is 0.526. The number of benzene rings is 1. The molecule has 1 fully saturated rings. The van der Waals surface area contributed by atoms with E-state index in [4.69, 9.17) is 0 Å². The first-order valence-electron chi connectivity index (χ1n) is 8.76. The Bertz CT molecular complexity index is 760. The fourth-order valence-electron chi connectivity index (χ4n) is 3.91. The van der Waals surface area contributed by atoms with Gasteiger partial charge in [0.05, 0.1) is 0 Å². The maximum Gasteiger partial charge on any atom is 0.408 e. The lowest BCUT2D eigenvalue weighted by Crippen LogP contribution is -2.59. The van der Waals surface area contributed by atoms with E-state index in [1.165, 1.54) is 5.56 Å². The zero-order valence-electron chi connectivity index (χ0n) is 15.3. The second-order valence-electron chi connectivity index (χ2n) is 7.89. The number of aryl methyl sites for hydroxylation is 1. The van der Waals surface area contributed by atoms with Crippen LogP contribution < -0.4 is 0 Å². The van der Waals surface area contributed by atoms with Crippen molar-refractivity contribution in [3.63, 3.8) is 0 Å². The van der Waals surface area contributed by atoms with Gasteiger partial charge in [0, 0.05) is 12.1 Å². The minimum atomic E-state index is -0.900. The molecule has 0 saturated carbocycles. The average molecular weight is 342 g/mol. The van der Waals surface area contributed by atoms with Crippen molar-refractivity contribution in [3.8, 4) is 11.4 Å². The van der Waals surface area contributed by atoms with Crippen LogP contribution in [0.3, 0.4) is 0 Å². The van der Waals surface area contributed by atoms with E-state index in [1.54, 1.807) is 4.90 Å². The number of aromatic nitrogens is 3. The third kappa shape index (κ3) is 2.90. The van der Waals surface area contributed by atoms with Gasteiger partial charge in [-0.1, -0.05) is 50.6 Å². The molecule has 1 atom stereocenters. The molecule has 0 radical (unpaired) electrons. The van der Waals surface area contributed by atoms with Crippen LogP contribution in [0.2, 0.25) is 0 Å². The van der Waals surface area contributed by atoms with Gasteiger partial charge >= 0.3 is 6.09 Å². The second kappa shape index (κ2) is 6.17. The van der Waals surface area contributed by atoms with Crippen LogP contribution in [0.25, 0.3) is 11.4 Å². The Balaban J connectivity index is 2.09. The summed E-state index contributed by atoms with van der Waals surface area (Å²) in [5, 5.41) is 18.5. The Morgan fingerprint density at radius 3 is 2.48 bits per heavy atom. The monoisotopic (exact) mass is 342 g/mol. The van der Waals surface area contributed by atoms with Crippen LogP contribution in [-0.2, 0) is 5.54 Å². The first-order chi connectivity index (χ1) is 11.8. The molecule has 1 aromatic heterocycles. The Labute approximate surface area is 148 Å². The first kappa shape index (κ1) is 17.5. The Morgan fingerprint density at radius 1 is 1.20 bits per heavy atom. The SMILES string of the molecule is Cc1ccc(-c2nnc(C3(C(C)(C)C)CCCCN3C(=O)O)[nH]2)cc1. The predicted molar refractivity (Wildman–Crippen MR) is 96.3 cm³/mol. The Kier molecular flexibility index (Phi) is 4.31. The van der Waals surface area contributed by atoms with E-state index >= 15 is 0 Å². The lowest BCUT2D eigenvalue weighted by Gasteiger charge is -2.52. The number of nitrogens with one attached hydrogen (secondary N) is 1. The molecule has 25 heavy (non-hydrogen) atoms. The van der Waals surface area contributed by atoms with Crippen LogP contribution in [0.5, 0.6) is 0 Å². The van der Waals surface area contributed by atoms with Crippen molar-refractivity contribution in [3.05, 3.63) is 35.7 Å². The number of hydrogen-bond acceptors (Lipinski definition) is 3. The number of likely N-dealkylation sites (tertiary alicyclic amines) is 1. The smallest absolute Gasteiger partial charge is 0.408 e. The van der Waals surface area contributed by atoms with Gasteiger partial charge in [-0.05, 0) is 31.6 Å². The van der Waals surface area contributed by atoms with E-state index in [0.717, 1.165) is 24.8 Å². The number of amides is 1. The van der Waals surface area contributed by atoms with Crippen molar-refractivity contribution < 1.29 is 9.90 Å². The molecule has 1 aliphatic rings. The highest BCUT2D eigenvalue weighted by Gasteiger charge is 2.53. The largest absolute Gasteiger partial charge is 0.465 e. The van der Waals surface area contributed by atoms with Crippen LogP contribution in [0.1, 0.15) is 51.4 Å². The van der Waals surface area contributed by atoms with Crippen LogP contribution in [0.15, 0.2) is 24.3 Å². The summed E-state index contributed by atoms with van der Waals surface area (Å²) in [6.07, 6.45) is 1.69. The third-order valence-electron chi connectivity index (χ3n) is 5.31. The average Bonchev–Trinajstić information content (AvgIpc) is 3.04. The number of carbonyl (C=O) groups is 1. The minimum absolute atomic E-state index is 0.310. The molecule has 6 nitrogen and oxygen atoms in total. The molecule has 6 heteroatoms. The molecular weight excluding hydrogens is 316 g/mol. The third-order valence-corrected chi connectivity index (χ3v) is 5.31. The number of piperidine rings is 1. The van der Waals surface area contributed by atoms with Crippen molar-refractivity contribution >= 4 is 6.09 Å². The summed E-state index contributed by atoms with van der Waals surface area (Å²) in [6, 6.07) is 8.06. The zero-order valence-corrected chi connectivity index (χ0v) is 15.3.